The van der Waals surface area contributed by atoms with E-state index in [0.717, 1.165) is 30.6 Å². The lowest BCUT2D eigenvalue weighted by Gasteiger charge is -2.31. The van der Waals surface area contributed by atoms with Crippen molar-refractivity contribution >= 4 is 23.2 Å². The third-order valence-electron chi connectivity index (χ3n) is 3.70. The van der Waals surface area contributed by atoms with E-state index < -0.39 is 18.6 Å². The molecule has 1 rings (SSSR count). The van der Waals surface area contributed by atoms with Gasteiger partial charge in [-0.1, -0.05) is 46.1 Å². The van der Waals surface area contributed by atoms with Crippen LogP contribution in [-0.2, 0) is 9.59 Å². The highest BCUT2D eigenvalue weighted by molar-refractivity contribution is 7.10. The van der Waals surface area contributed by atoms with Gasteiger partial charge in [-0.05, 0) is 23.8 Å². The molecule has 1 N–H and O–H groups in total. The minimum atomic E-state index is -1.08. The molecule has 1 aromatic rings. The van der Waals surface area contributed by atoms with Gasteiger partial charge in [0.05, 0.1) is 0 Å². The lowest BCUT2D eigenvalue weighted by molar-refractivity contribution is -0.142. The second-order valence-electron chi connectivity index (χ2n) is 6.34. The molecule has 0 bridgehead atoms. The molecule has 0 aliphatic heterocycles. The molecule has 1 heterocycles. The Morgan fingerprint density at radius 2 is 2.04 bits per heavy atom. The number of nitrogens with zero attached hydrogens (tertiary/aromatic N) is 1. The third-order valence-corrected chi connectivity index (χ3v) is 4.62. The number of unbranched alkanes of at least 4 members (excludes halogenated alkanes) is 3. The second-order valence-corrected chi connectivity index (χ2v) is 7.32. The number of amides is 2. The van der Waals surface area contributed by atoms with Gasteiger partial charge in [0.1, 0.15) is 6.04 Å². The molecule has 0 spiro atoms. The Hall–Kier alpha value is -1.43. The number of nitrogens with one attached hydrogen (secondary N) is 1. The quantitative estimate of drug-likeness (QED) is 0.611. The predicted molar refractivity (Wildman–Crippen MR) is 96.7 cm³/mol. The minimum absolute atomic E-state index is 0.153. The topological polar surface area (TPSA) is 49.4 Å². The van der Waals surface area contributed by atoms with Crippen LogP contribution in [0.4, 0.5) is 4.39 Å². The average Bonchev–Trinajstić information content (AvgIpc) is 3.07. The van der Waals surface area contributed by atoms with Crippen molar-refractivity contribution in [2.45, 2.75) is 52.5 Å². The Bertz CT molecular complexity index is 491. The van der Waals surface area contributed by atoms with Crippen LogP contribution in [0.25, 0.3) is 0 Å². The van der Waals surface area contributed by atoms with Crippen molar-refractivity contribution in [3.05, 3.63) is 22.4 Å². The molecule has 0 saturated heterocycles. The predicted octanol–water partition coefficient (Wildman–Crippen LogP) is 3.94. The molecule has 136 valence electrons. The molecule has 4 nitrogen and oxygen atoms in total. The Balaban J connectivity index is 2.85. The van der Waals surface area contributed by atoms with Crippen LogP contribution in [0, 0.1) is 5.92 Å². The minimum Gasteiger partial charge on any atom is -0.354 e. The Kier molecular flexibility index (Phi) is 9.60. The summed E-state index contributed by atoms with van der Waals surface area (Å²) >= 11 is 1.41. The van der Waals surface area contributed by atoms with Gasteiger partial charge in [0, 0.05) is 18.0 Å². The first-order valence-electron chi connectivity index (χ1n) is 8.67. The monoisotopic (exact) mass is 356 g/mol. The molecule has 1 aromatic heterocycles. The van der Waals surface area contributed by atoms with E-state index in [9.17, 15) is 14.0 Å². The van der Waals surface area contributed by atoms with Gasteiger partial charge in [0.15, 0.2) is 6.67 Å². The van der Waals surface area contributed by atoms with Crippen molar-refractivity contribution in [1.29, 1.82) is 0 Å². The van der Waals surface area contributed by atoms with Crippen LogP contribution in [-0.4, -0.2) is 36.5 Å². The SMILES string of the molecule is CCCCCCNC(=O)C(c1cccs1)N(CC(C)C)C(=O)CF. The van der Waals surface area contributed by atoms with Crippen molar-refractivity contribution in [3.8, 4) is 0 Å². The average molecular weight is 357 g/mol. The Morgan fingerprint density at radius 1 is 1.29 bits per heavy atom. The molecule has 1 unspecified atom stereocenters. The number of hydrogen-bond donors (Lipinski definition) is 1. The molecule has 6 heteroatoms. The molecule has 24 heavy (non-hydrogen) atoms. The highest BCUT2D eigenvalue weighted by atomic mass is 32.1. The third kappa shape index (κ3) is 6.59. The highest BCUT2D eigenvalue weighted by Gasteiger charge is 2.32. The first-order valence-corrected chi connectivity index (χ1v) is 9.55. The van der Waals surface area contributed by atoms with Crippen molar-refractivity contribution in [1.82, 2.24) is 10.2 Å². The molecule has 0 aromatic carbocycles. The van der Waals surface area contributed by atoms with E-state index in [-0.39, 0.29) is 11.8 Å². The van der Waals surface area contributed by atoms with Crippen LogP contribution in [0.2, 0.25) is 0 Å². The van der Waals surface area contributed by atoms with Gasteiger partial charge in [0.25, 0.3) is 5.91 Å². The summed E-state index contributed by atoms with van der Waals surface area (Å²) in [4.78, 5) is 26.9. The Labute approximate surface area is 148 Å². The van der Waals surface area contributed by atoms with Crippen molar-refractivity contribution < 1.29 is 14.0 Å². The zero-order chi connectivity index (χ0) is 17.9. The van der Waals surface area contributed by atoms with Crippen LogP contribution in [0.3, 0.4) is 0 Å². The smallest absolute Gasteiger partial charge is 0.254 e. The summed E-state index contributed by atoms with van der Waals surface area (Å²) in [5, 5.41) is 4.78. The first kappa shape index (κ1) is 20.6. The van der Waals surface area contributed by atoms with E-state index >= 15 is 0 Å². The summed E-state index contributed by atoms with van der Waals surface area (Å²) in [6.45, 7) is 5.89. The lowest BCUT2D eigenvalue weighted by Crippen LogP contribution is -2.45. The van der Waals surface area contributed by atoms with Gasteiger partial charge in [-0.3, -0.25) is 9.59 Å². The van der Waals surface area contributed by atoms with E-state index in [0.29, 0.717) is 13.1 Å². The van der Waals surface area contributed by atoms with Crippen LogP contribution in [0.15, 0.2) is 17.5 Å². The van der Waals surface area contributed by atoms with Crippen LogP contribution >= 0.6 is 11.3 Å². The Morgan fingerprint density at radius 3 is 2.58 bits per heavy atom. The van der Waals surface area contributed by atoms with E-state index in [1.807, 2.05) is 31.4 Å². The fourth-order valence-corrected chi connectivity index (χ4v) is 3.39. The number of alkyl halides is 1. The zero-order valence-corrected chi connectivity index (χ0v) is 15.7. The maximum absolute atomic E-state index is 13.0. The standard InChI is InChI=1S/C18H29FN2O2S/c1-4-5-6-7-10-20-18(23)17(15-9-8-11-24-15)21(13-14(2)3)16(22)12-19/h8-9,11,14,17H,4-7,10,12-13H2,1-3H3,(H,20,23). The van der Waals surface area contributed by atoms with E-state index in [2.05, 4.69) is 12.2 Å². The molecule has 1 atom stereocenters. The van der Waals surface area contributed by atoms with Gasteiger partial charge in [-0.15, -0.1) is 11.3 Å². The molecule has 0 aliphatic rings. The van der Waals surface area contributed by atoms with Gasteiger partial charge in [-0.25, -0.2) is 4.39 Å². The number of halogens is 1. The number of hydrogen-bond acceptors (Lipinski definition) is 3. The maximum atomic E-state index is 13.0. The molecule has 0 radical (unpaired) electrons. The number of rotatable bonds is 11. The summed E-state index contributed by atoms with van der Waals surface area (Å²) in [6.07, 6.45) is 4.26. The molecule has 0 saturated carbocycles. The number of carbonyl (C=O) groups is 2. The van der Waals surface area contributed by atoms with Gasteiger partial charge >= 0.3 is 0 Å². The van der Waals surface area contributed by atoms with Crippen molar-refractivity contribution in [3.63, 3.8) is 0 Å². The first-order chi connectivity index (χ1) is 11.5. The van der Waals surface area contributed by atoms with Crippen LogP contribution < -0.4 is 5.32 Å². The molecule has 2 amide bonds. The molecular weight excluding hydrogens is 327 g/mol. The zero-order valence-electron chi connectivity index (χ0n) is 14.9. The maximum Gasteiger partial charge on any atom is 0.254 e. The summed E-state index contributed by atoms with van der Waals surface area (Å²) in [6, 6.07) is 2.92. The van der Waals surface area contributed by atoms with Crippen molar-refractivity contribution in [2.75, 3.05) is 19.8 Å². The lowest BCUT2D eigenvalue weighted by atomic mass is 10.1. The van der Waals surface area contributed by atoms with Crippen LogP contribution in [0.1, 0.15) is 57.4 Å². The van der Waals surface area contributed by atoms with Crippen LogP contribution in [0.5, 0.6) is 0 Å². The molecular formula is C18H29FN2O2S. The van der Waals surface area contributed by atoms with Gasteiger partial charge < -0.3 is 10.2 Å². The normalized spacial score (nSPS) is 12.2. The van der Waals surface area contributed by atoms with Gasteiger partial charge in [-0.2, -0.15) is 0 Å². The largest absolute Gasteiger partial charge is 0.354 e. The summed E-state index contributed by atoms with van der Waals surface area (Å²) in [7, 11) is 0. The summed E-state index contributed by atoms with van der Waals surface area (Å²) < 4.78 is 13.0. The van der Waals surface area contributed by atoms with E-state index in [4.69, 9.17) is 0 Å². The number of carbonyl (C=O) groups excluding carboxylic acids is 2. The summed E-state index contributed by atoms with van der Waals surface area (Å²) in [5.74, 6) is -0.708. The van der Waals surface area contributed by atoms with Gasteiger partial charge in [0.2, 0.25) is 5.91 Å². The van der Waals surface area contributed by atoms with E-state index in [1.54, 1.807) is 0 Å². The van der Waals surface area contributed by atoms with E-state index in [1.165, 1.54) is 16.2 Å². The number of thiophene rings is 1. The fourth-order valence-electron chi connectivity index (χ4n) is 2.55. The fraction of sp³-hybridized carbons (Fsp3) is 0.667. The second kappa shape index (κ2) is 11.2. The highest BCUT2D eigenvalue weighted by Crippen LogP contribution is 2.26. The molecule has 0 fully saturated rings. The summed E-state index contributed by atoms with van der Waals surface area (Å²) in [5.41, 5.74) is 0. The molecule has 0 aliphatic carbocycles. The van der Waals surface area contributed by atoms with Crippen molar-refractivity contribution in [2.24, 2.45) is 5.92 Å².